The van der Waals surface area contributed by atoms with Crippen LogP contribution in [0.1, 0.15) is 41.7 Å². The van der Waals surface area contributed by atoms with Crippen molar-refractivity contribution in [3.05, 3.63) is 54.1 Å². The molecule has 1 N–H and O–H groups in total. The van der Waals surface area contributed by atoms with Crippen LogP contribution in [0.2, 0.25) is 0 Å². The number of hydrogen-bond donors (Lipinski definition) is 1. The SMILES string of the molecule is Cc1ccc(-c2nccn3cc(C(=O)NCCN4CCCCCC4)nc23)cc1. The van der Waals surface area contributed by atoms with Crippen LogP contribution in [-0.2, 0) is 0 Å². The molecule has 1 saturated heterocycles. The molecule has 0 saturated carbocycles. The minimum Gasteiger partial charge on any atom is -0.349 e. The monoisotopic (exact) mass is 377 g/mol. The number of benzene rings is 1. The molecule has 3 heterocycles. The maximum atomic E-state index is 12.6. The van der Waals surface area contributed by atoms with Crippen LogP contribution in [0.25, 0.3) is 16.9 Å². The molecule has 0 aliphatic carbocycles. The molecular weight excluding hydrogens is 350 g/mol. The van der Waals surface area contributed by atoms with Crippen molar-refractivity contribution in [3.63, 3.8) is 0 Å². The van der Waals surface area contributed by atoms with Gasteiger partial charge in [-0.15, -0.1) is 0 Å². The maximum absolute atomic E-state index is 12.6. The van der Waals surface area contributed by atoms with Crippen molar-refractivity contribution in [2.24, 2.45) is 0 Å². The molecule has 0 spiro atoms. The van der Waals surface area contributed by atoms with Crippen LogP contribution < -0.4 is 5.32 Å². The fourth-order valence-corrected chi connectivity index (χ4v) is 3.72. The zero-order chi connectivity index (χ0) is 19.3. The Labute approximate surface area is 165 Å². The molecule has 1 aliphatic heterocycles. The van der Waals surface area contributed by atoms with Crippen molar-refractivity contribution in [1.29, 1.82) is 0 Å². The predicted molar refractivity (Wildman–Crippen MR) is 110 cm³/mol. The lowest BCUT2D eigenvalue weighted by molar-refractivity contribution is 0.0944. The highest BCUT2D eigenvalue weighted by Crippen LogP contribution is 2.22. The van der Waals surface area contributed by atoms with Gasteiger partial charge in [-0.3, -0.25) is 9.78 Å². The summed E-state index contributed by atoms with van der Waals surface area (Å²) in [5.74, 6) is -0.131. The number of hydrogen-bond acceptors (Lipinski definition) is 4. The van der Waals surface area contributed by atoms with Gasteiger partial charge >= 0.3 is 0 Å². The Kier molecular flexibility index (Phi) is 5.67. The lowest BCUT2D eigenvalue weighted by Gasteiger charge is -2.19. The lowest BCUT2D eigenvalue weighted by Crippen LogP contribution is -2.35. The van der Waals surface area contributed by atoms with Crippen molar-refractivity contribution in [2.45, 2.75) is 32.6 Å². The van der Waals surface area contributed by atoms with Gasteiger partial charge in [0.25, 0.3) is 5.91 Å². The van der Waals surface area contributed by atoms with Gasteiger partial charge in [0, 0.05) is 37.2 Å². The molecule has 1 aliphatic rings. The van der Waals surface area contributed by atoms with Crippen LogP contribution in [0.3, 0.4) is 0 Å². The van der Waals surface area contributed by atoms with E-state index in [-0.39, 0.29) is 5.91 Å². The minimum absolute atomic E-state index is 0.131. The van der Waals surface area contributed by atoms with Crippen LogP contribution in [0, 0.1) is 6.92 Å². The molecule has 0 radical (unpaired) electrons. The summed E-state index contributed by atoms with van der Waals surface area (Å²) in [4.78, 5) is 24.1. The number of nitrogens with zero attached hydrogens (tertiary/aromatic N) is 4. The zero-order valence-corrected chi connectivity index (χ0v) is 16.4. The van der Waals surface area contributed by atoms with E-state index in [1.807, 2.05) is 22.7 Å². The summed E-state index contributed by atoms with van der Waals surface area (Å²) in [5.41, 5.74) is 4.10. The van der Waals surface area contributed by atoms with Gasteiger partial charge in [-0.2, -0.15) is 0 Å². The molecule has 28 heavy (non-hydrogen) atoms. The van der Waals surface area contributed by atoms with E-state index < -0.39 is 0 Å². The number of likely N-dealkylation sites (tertiary alicyclic amines) is 1. The molecule has 146 valence electrons. The highest BCUT2D eigenvalue weighted by molar-refractivity contribution is 5.93. The molecule has 0 atom stereocenters. The average molecular weight is 377 g/mol. The number of rotatable bonds is 5. The van der Waals surface area contributed by atoms with E-state index >= 15 is 0 Å². The van der Waals surface area contributed by atoms with Gasteiger partial charge in [-0.05, 0) is 32.9 Å². The third kappa shape index (κ3) is 4.22. The molecule has 1 aromatic carbocycles. The van der Waals surface area contributed by atoms with E-state index in [1.54, 1.807) is 12.4 Å². The number of aromatic nitrogens is 3. The quantitative estimate of drug-likeness (QED) is 0.741. The number of carbonyl (C=O) groups is 1. The maximum Gasteiger partial charge on any atom is 0.271 e. The Balaban J connectivity index is 1.46. The van der Waals surface area contributed by atoms with Gasteiger partial charge in [0.2, 0.25) is 0 Å². The molecule has 1 fully saturated rings. The minimum atomic E-state index is -0.131. The number of carbonyl (C=O) groups excluding carboxylic acids is 1. The molecule has 2 aromatic heterocycles. The third-order valence-corrected chi connectivity index (χ3v) is 5.34. The van der Waals surface area contributed by atoms with Crippen molar-refractivity contribution in [2.75, 3.05) is 26.2 Å². The molecular formula is C22H27N5O. The standard InChI is InChI=1S/C22H27N5O/c1-17-6-8-18(9-7-17)20-21-25-19(16-27(21)15-11-23-20)22(28)24-10-14-26-12-4-2-3-5-13-26/h6-9,11,15-16H,2-5,10,12-14H2,1H3,(H,24,28). The molecule has 4 rings (SSSR count). The molecule has 0 unspecified atom stereocenters. The summed E-state index contributed by atoms with van der Waals surface area (Å²) in [7, 11) is 0. The summed E-state index contributed by atoms with van der Waals surface area (Å²) in [6, 6.07) is 8.18. The molecule has 6 heteroatoms. The van der Waals surface area contributed by atoms with Crippen LogP contribution >= 0.6 is 0 Å². The Morgan fingerprint density at radius 2 is 1.86 bits per heavy atom. The van der Waals surface area contributed by atoms with Crippen LogP contribution in [-0.4, -0.2) is 51.4 Å². The lowest BCUT2D eigenvalue weighted by atomic mass is 10.1. The van der Waals surface area contributed by atoms with E-state index in [1.165, 1.54) is 31.2 Å². The second-order valence-electron chi connectivity index (χ2n) is 7.51. The van der Waals surface area contributed by atoms with E-state index in [9.17, 15) is 4.79 Å². The first kappa shape index (κ1) is 18.6. The van der Waals surface area contributed by atoms with E-state index in [2.05, 4.69) is 39.2 Å². The highest BCUT2D eigenvalue weighted by Gasteiger charge is 2.15. The summed E-state index contributed by atoms with van der Waals surface area (Å²) >= 11 is 0. The normalized spacial score (nSPS) is 15.5. The topological polar surface area (TPSA) is 62.5 Å². The van der Waals surface area contributed by atoms with Gasteiger partial charge in [0.05, 0.1) is 0 Å². The van der Waals surface area contributed by atoms with Gasteiger partial charge in [0.15, 0.2) is 5.65 Å². The predicted octanol–water partition coefficient (Wildman–Crippen LogP) is 3.31. The van der Waals surface area contributed by atoms with Crippen molar-refractivity contribution < 1.29 is 4.79 Å². The van der Waals surface area contributed by atoms with Crippen molar-refractivity contribution in [3.8, 4) is 11.3 Å². The molecule has 1 amide bonds. The van der Waals surface area contributed by atoms with E-state index in [0.717, 1.165) is 30.9 Å². The summed E-state index contributed by atoms with van der Waals surface area (Å²) in [6.07, 6.45) is 10.5. The zero-order valence-electron chi connectivity index (χ0n) is 16.4. The number of amides is 1. The Morgan fingerprint density at radius 1 is 1.11 bits per heavy atom. The molecule has 3 aromatic rings. The third-order valence-electron chi connectivity index (χ3n) is 5.34. The number of imidazole rings is 1. The van der Waals surface area contributed by atoms with Crippen LogP contribution in [0.5, 0.6) is 0 Å². The fraction of sp³-hybridized carbons (Fsp3) is 0.409. The fourth-order valence-electron chi connectivity index (χ4n) is 3.72. The van der Waals surface area contributed by atoms with Gasteiger partial charge in [0.1, 0.15) is 11.4 Å². The molecule has 0 bridgehead atoms. The number of aryl methyl sites for hydroxylation is 1. The Morgan fingerprint density at radius 3 is 2.61 bits per heavy atom. The number of fused-ring (bicyclic) bond motifs is 1. The van der Waals surface area contributed by atoms with Gasteiger partial charge in [-0.1, -0.05) is 42.7 Å². The first-order valence-corrected chi connectivity index (χ1v) is 10.1. The highest BCUT2D eigenvalue weighted by atomic mass is 16.1. The molecule has 6 nitrogen and oxygen atoms in total. The summed E-state index contributed by atoms with van der Waals surface area (Å²) in [5, 5.41) is 3.02. The number of nitrogens with one attached hydrogen (secondary N) is 1. The Bertz CT molecular complexity index is 939. The first-order valence-electron chi connectivity index (χ1n) is 10.1. The summed E-state index contributed by atoms with van der Waals surface area (Å²) in [6.45, 7) is 5.87. The second-order valence-corrected chi connectivity index (χ2v) is 7.51. The Hall–Kier alpha value is -2.73. The van der Waals surface area contributed by atoms with E-state index in [0.29, 0.717) is 17.9 Å². The van der Waals surface area contributed by atoms with Crippen molar-refractivity contribution in [1.82, 2.24) is 24.6 Å². The summed E-state index contributed by atoms with van der Waals surface area (Å²) < 4.78 is 1.87. The van der Waals surface area contributed by atoms with Crippen LogP contribution in [0.15, 0.2) is 42.9 Å². The second kappa shape index (κ2) is 8.52. The smallest absolute Gasteiger partial charge is 0.271 e. The van der Waals surface area contributed by atoms with Gasteiger partial charge in [-0.25, -0.2) is 4.98 Å². The van der Waals surface area contributed by atoms with Crippen molar-refractivity contribution >= 4 is 11.6 Å². The first-order chi connectivity index (χ1) is 13.7. The average Bonchev–Trinajstić information content (AvgIpc) is 2.98. The van der Waals surface area contributed by atoms with E-state index in [4.69, 9.17) is 0 Å². The van der Waals surface area contributed by atoms with Crippen LogP contribution in [0.4, 0.5) is 0 Å². The van der Waals surface area contributed by atoms with Gasteiger partial charge < -0.3 is 14.6 Å². The largest absolute Gasteiger partial charge is 0.349 e.